The summed E-state index contributed by atoms with van der Waals surface area (Å²) in [6, 6.07) is 8.12. The monoisotopic (exact) mass is 324 g/mol. The average molecular weight is 324 g/mol. The Hall–Kier alpha value is -3.35. The van der Waals surface area contributed by atoms with Gasteiger partial charge in [-0.2, -0.15) is 0 Å². The van der Waals surface area contributed by atoms with Crippen LogP contribution < -0.4 is 0 Å². The molecule has 4 rings (SSSR count). The highest BCUT2D eigenvalue weighted by molar-refractivity contribution is 6.27. The Morgan fingerprint density at radius 1 is 0.958 bits per heavy atom. The van der Waals surface area contributed by atoms with E-state index in [9.17, 15) is 24.0 Å². The van der Waals surface area contributed by atoms with Crippen molar-refractivity contribution in [3.05, 3.63) is 47.0 Å². The fraction of sp³-hybridized carbons (Fsp3) is 0.118. The highest BCUT2D eigenvalue weighted by Crippen LogP contribution is 2.34. The standard InChI is InChI=1S/C17H8O7/c18-11-6-10(15(20)23-11)14(19)9-5-7-3-1-2-4-8(7)12-13(9)17(22)24-16(12)21/h1-5,10H,6H2. The van der Waals surface area contributed by atoms with Gasteiger partial charge in [0, 0.05) is 5.56 Å². The number of rotatable bonds is 2. The molecule has 0 radical (unpaired) electrons. The lowest BCUT2D eigenvalue weighted by Crippen LogP contribution is -2.21. The van der Waals surface area contributed by atoms with Crippen LogP contribution in [0, 0.1) is 5.92 Å². The van der Waals surface area contributed by atoms with Crippen molar-refractivity contribution in [3.8, 4) is 0 Å². The highest BCUT2D eigenvalue weighted by Gasteiger charge is 2.43. The Bertz CT molecular complexity index is 986. The summed E-state index contributed by atoms with van der Waals surface area (Å²) in [6.45, 7) is 0. The van der Waals surface area contributed by atoms with Crippen LogP contribution in [0.2, 0.25) is 0 Å². The number of ketones is 1. The van der Waals surface area contributed by atoms with Crippen molar-refractivity contribution in [3.63, 3.8) is 0 Å². The Kier molecular flexibility index (Phi) is 2.86. The maximum absolute atomic E-state index is 12.7. The molecule has 1 saturated heterocycles. The number of ether oxygens (including phenoxy) is 2. The molecule has 1 atom stereocenters. The van der Waals surface area contributed by atoms with E-state index in [1.54, 1.807) is 24.3 Å². The van der Waals surface area contributed by atoms with Gasteiger partial charge in [-0.15, -0.1) is 0 Å². The minimum absolute atomic E-state index is 0.000796. The highest BCUT2D eigenvalue weighted by atomic mass is 16.6. The summed E-state index contributed by atoms with van der Waals surface area (Å²) < 4.78 is 9.02. The normalized spacial score (nSPS) is 19.4. The second-order valence-electron chi connectivity index (χ2n) is 5.49. The quantitative estimate of drug-likeness (QED) is 0.467. The average Bonchev–Trinajstić information content (AvgIpc) is 3.05. The number of carbonyl (C=O) groups excluding carboxylic acids is 5. The lowest BCUT2D eigenvalue weighted by molar-refractivity contribution is -0.152. The van der Waals surface area contributed by atoms with Gasteiger partial charge >= 0.3 is 23.9 Å². The molecular weight excluding hydrogens is 316 g/mol. The number of cyclic esters (lactones) is 4. The number of hydrogen-bond acceptors (Lipinski definition) is 7. The van der Waals surface area contributed by atoms with E-state index in [2.05, 4.69) is 9.47 Å². The summed E-state index contributed by atoms with van der Waals surface area (Å²) >= 11 is 0. The molecule has 118 valence electrons. The Morgan fingerprint density at radius 3 is 2.38 bits per heavy atom. The molecule has 7 heteroatoms. The van der Waals surface area contributed by atoms with Crippen molar-refractivity contribution in [1.29, 1.82) is 0 Å². The van der Waals surface area contributed by atoms with Gasteiger partial charge in [-0.3, -0.25) is 14.4 Å². The predicted molar refractivity (Wildman–Crippen MR) is 77.2 cm³/mol. The number of benzene rings is 2. The summed E-state index contributed by atoms with van der Waals surface area (Å²) in [4.78, 5) is 59.6. The van der Waals surface area contributed by atoms with Crippen molar-refractivity contribution in [1.82, 2.24) is 0 Å². The van der Waals surface area contributed by atoms with Gasteiger partial charge in [0.1, 0.15) is 5.92 Å². The third-order valence-corrected chi connectivity index (χ3v) is 4.09. The molecule has 0 spiro atoms. The van der Waals surface area contributed by atoms with Crippen LogP contribution in [0.3, 0.4) is 0 Å². The molecule has 2 aliphatic heterocycles. The number of hydrogen-bond donors (Lipinski definition) is 0. The third kappa shape index (κ3) is 1.88. The molecule has 0 bridgehead atoms. The first-order valence-electron chi connectivity index (χ1n) is 7.08. The smallest absolute Gasteiger partial charge is 0.347 e. The lowest BCUT2D eigenvalue weighted by Gasteiger charge is -2.09. The summed E-state index contributed by atoms with van der Waals surface area (Å²) in [5.74, 6) is -5.59. The molecular formula is C17H8O7. The van der Waals surface area contributed by atoms with Gasteiger partial charge in [0.25, 0.3) is 0 Å². The second-order valence-corrected chi connectivity index (χ2v) is 5.49. The summed E-state index contributed by atoms with van der Waals surface area (Å²) in [5.41, 5.74) is -0.286. The molecule has 0 amide bonds. The lowest BCUT2D eigenvalue weighted by atomic mass is 9.88. The predicted octanol–water partition coefficient (Wildman–Crippen LogP) is 1.42. The molecule has 2 heterocycles. The van der Waals surface area contributed by atoms with E-state index in [0.717, 1.165) is 0 Å². The van der Waals surface area contributed by atoms with Crippen molar-refractivity contribution in [2.45, 2.75) is 6.42 Å². The molecule has 0 N–H and O–H groups in total. The molecule has 2 aromatic carbocycles. The molecule has 1 unspecified atom stereocenters. The minimum Gasteiger partial charge on any atom is -0.393 e. The molecule has 0 aromatic heterocycles. The zero-order valence-corrected chi connectivity index (χ0v) is 12.0. The second kappa shape index (κ2) is 4.82. The van der Waals surface area contributed by atoms with Crippen LogP contribution in [0.15, 0.2) is 30.3 Å². The summed E-state index contributed by atoms with van der Waals surface area (Å²) in [7, 11) is 0. The van der Waals surface area contributed by atoms with Crippen molar-refractivity contribution in [2.75, 3.05) is 0 Å². The van der Waals surface area contributed by atoms with Crippen LogP contribution in [0.1, 0.15) is 37.5 Å². The van der Waals surface area contributed by atoms with Gasteiger partial charge in [-0.05, 0) is 16.8 Å². The fourth-order valence-electron chi connectivity index (χ4n) is 3.01. The van der Waals surface area contributed by atoms with E-state index in [1.807, 2.05) is 0 Å². The maximum Gasteiger partial charge on any atom is 0.347 e. The van der Waals surface area contributed by atoms with Crippen LogP contribution in [0.4, 0.5) is 0 Å². The van der Waals surface area contributed by atoms with E-state index in [0.29, 0.717) is 10.8 Å². The van der Waals surface area contributed by atoms with Gasteiger partial charge < -0.3 is 9.47 Å². The van der Waals surface area contributed by atoms with E-state index < -0.39 is 35.6 Å². The van der Waals surface area contributed by atoms with Gasteiger partial charge in [0.15, 0.2) is 5.78 Å². The van der Waals surface area contributed by atoms with Gasteiger partial charge in [-0.25, -0.2) is 9.59 Å². The largest absolute Gasteiger partial charge is 0.393 e. The number of esters is 4. The summed E-state index contributed by atoms with van der Waals surface area (Å²) in [5, 5.41) is 1.02. The first-order chi connectivity index (χ1) is 11.5. The fourth-order valence-corrected chi connectivity index (χ4v) is 3.01. The number of fused-ring (bicyclic) bond motifs is 3. The number of Topliss-reactive ketones (excluding diaryl/α,β-unsaturated/α-hetero) is 1. The number of carbonyl (C=O) groups is 5. The molecule has 7 nitrogen and oxygen atoms in total. The van der Waals surface area contributed by atoms with E-state index in [1.165, 1.54) is 6.07 Å². The van der Waals surface area contributed by atoms with Crippen LogP contribution in [0.5, 0.6) is 0 Å². The van der Waals surface area contributed by atoms with Crippen molar-refractivity contribution >= 4 is 40.4 Å². The SMILES string of the molecule is O=C1CC(C(=O)c2cc3ccccc3c3c2C(=O)OC3=O)C(=O)O1. The molecule has 24 heavy (non-hydrogen) atoms. The Balaban J connectivity index is 1.97. The Morgan fingerprint density at radius 2 is 1.67 bits per heavy atom. The molecule has 2 aromatic rings. The van der Waals surface area contributed by atoms with E-state index >= 15 is 0 Å². The van der Waals surface area contributed by atoms with Gasteiger partial charge in [0.05, 0.1) is 17.5 Å². The van der Waals surface area contributed by atoms with E-state index in [-0.39, 0.29) is 23.1 Å². The maximum atomic E-state index is 12.7. The zero-order chi connectivity index (χ0) is 17.0. The van der Waals surface area contributed by atoms with E-state index in [4.69, 9.17) is 0 Å². The first kappa shape index (κ1) is 14.3. The van der Waals surface area contributed by atoms with Gasteiger partial charge in [0.2, 0.25) is 0 Å². The topological polar surface area (TPSA) is 104 Å². The molecule has 1 fully saturated rings. The minimum atomic E-state index is -1.31. The zero-order valence-electron chi connectivity index (χ0n) is 12.0. The summed E-state index contributed by atoms with van der Waals surface area (Å²) in [6.07, 6.45) is -0.387. The molecule has 0 aliphatic carbocycles. The van der Waals surface area contributed by atoms with Crippen LogP contribution in [0.25, 0.3) is 10.8 Å². The van der Waals surface area contributed by atoms with Crippen molar-refractivity contribution < 1.29 is 33.4 Å². The molecule has 2 aliphatic rings. The van der Waals surface area contributed by atoms with Crippen LogP contribution in [-0.2, 0) is 19.1 Å². The van der Waals surface area contributed by atoms with Crippen LogP contribution in [-0.4, -0.2) is 29.7 Å². The van der Waals surface area contributed by atoms with Crippen molar-refractivity contribution in [2.24, 2.45) is 5.92 Å². The molecule has 0 saturated carbocycles. The van der Waals surface area contributed by atoms with Crippen LogP contribution >= 0.6 is 0 Å². The van der Waals surface area contributed by atoms with Gasteiger partial charge in [-0.1, -0.05) is 24.3 Å². The third-order valence-electron chi connectivity index (χ3n) is 4.09. The first-order valence-corrected chi connectivity index (χ1v) is 7.08. The Labute approximate surface area is 134 Å².